The summed E-state index contributed by atoms with van der Waals surface area (Å²) < 4.78 is 31.7. The summed E-state index contributed by atoms with van der Waals surface area (Å²) in [6, 6.07) is 8.98. The zero-order valence-corrected chi connectivity index (χ0v) is 27.7. The van der Waals surface area contributed by atoms with Gasteiger partial charge in [-0.2, -0.15) is 5.26 Å². The molecule has 2 unspecified atom stereocenters. The van der Waals surface area contributed by atoms with E-state index in [0.717, 1.165) is 6.07 Å². The molecule has 2 amide bonds. The average Bonchev–Trinajstić information content (AvgIpc) is 3.31. The van der Waals surface area contributed by atoms with Gasteiger partial charge in [0, 0.05) is 55.3 Å². The minimum absolute atomic E-state index is 0.0168. The van der Waals surface area contributed by atoms with Crippen LogP contribution in [-0.2, 0) is 15.0 Å². The highest BCUT2D eigenvalue weighted by atomic mass is 35.5. The predicted molar refractivity (Wildman–Crippen MR) is 171 cm³/mol. The molecule has 0 saturated carbocycles. The Kier molecular flexibility index (Phi) is 11.7. The van der Waals surface area contributed by atoms with Gasteiger partial charge in [-0.1, -0.05) is 62.2 Å². The molecule has 0 spiro atoms. The lowest BCUT2D eigenvalue weighted by Crippen LogP contribution is -2.55. The Hall–Kier alpha value is -2.85. The molecule has 9 nitrogen and oxygen atoms in total. The van der Waals surface area contributed by atoms with Crippen molar-refractivity contribution >= 4 is 35.0 Å². The van der Waals surface area contributed by atoms with Crippen molar-refractivity contribution in [3.05, 3.63) is 69.2 Å². The number of halogens is 4. The summed E-state index contributed by atoms with van der Waals surface area (Å²) in [6.07, 6.45) is -0.307. The molecular weight excluding hydrogens is 639 g/mol. The number of piperazine rings is 1. The maximum atomic E-state index is 15.9. The number of amides is 2. The van der Waals surface area contributed by atoms with E-state index in [1.54, 1.807) is 11.0 Å². The predicted octanol–water partition coefficient (Wildman–Crippen LogP) is 3.60. The van der Waals surface area contributed by atoms with Gasteiger partial charge in [0.2, 0.25) is 11.8 Å². The van der Waals surface area contributed by atoms with Gasteiger partial charge in [-0.15, -0.1) is 0 Å². The van der Waals surface area contributed by atoms with Crippen LogP contribution in [0.2, 0.25) is 10.0 Å². The van der Waals surface area contributed by atoms with Crippen LogP contribution >= 0.6 is 23.2 Å². The monoisotopic (exact) mass is 679 g/mol. The van der Waals surface area contributed by atoms with E-state index in [4.69, 9.17) is 28.3 Å². The third kappa shape index (κ3) is 7.81. The van der Waals surface area contributed by atoms with Crippen LogP contribution in [0.5, 0.6) is 0 Å². The molecule has 4 N–H and O–H groups in total. The van der Waals surface area contributed by atoms with E-state index in [0.29, 0.717) is 19.5 Å². The second-order valence-corrected chi connectivity index (χ2v) is 14.1. The van der Waals surface area contributed by atoms with Gasteiger partial charge >= 0.3 is 0 Å². The Morgan fingerprint density at radius 1 is 1.17 bits per heavy atom. The number of nitrogens with one attached hydrogen (secondary N) is 2. The molecule has 5 atom stereocenters. The SMILES string of the molecule is CC(C)(C)C[C@@H]1N[C@@H](C(=O)N2CCN(CC(=O)NCC[C@H](O)CO)CC2)C(c2cccc(Cl)c2F)C1(C#N)c1ccc(Cl)cc1F. The van der Waals surface area contributed by atoms with Crippen molar-refractivity contribution in [2.45, 2.75) is 63.1 Å². The number of nitriles is 1. The average molecular weight is 681 g/mol. The van der Waals surface area contributed by atoms with Crippen LogP contribution in [0.25, 0.3) is 0 Å². The molecular formula is C33H41Cl2F2N5O4. The first-order valence-electron chi connectivity index (χ1n) is 15.3. The number of benzene rings is 2. The highest BCUT2D eigenvalue weighted by Crippen LogP contribution is 2.53. The fourth-order valence-electron chi connectivity index (χ4n) is 6.60. The Morgan fingerprint density at radius 3 is 2.48 bits per heavy atom. The number of nitrogens with zero attached hydrogens (tertiary/aromatic N) is 3. The van der Waals surface area contributed by atoms with E-state index in [2.05, 4.69) is 16.7 Å². The van der Waals surface area contributed by atoms with Gasteiger partial charge in [-0.25, -0.2) is 8.78 Å². The van der Waals surface area contributed by atoms with Gasteiger partial charge in [-0.05, 0) is 42.0 Å². The van der Waals surface area contributed by atoms with Gasteiger partial charge in [0.15, 0.2) is 0 Å². The highest BCUT2D eigenvalue weighted by molar-refractivity contribution is 6.31. The highest BCUT2D eigenvalue weighted by Gasteiger charge is 2.61. The second-order valence-electron chi connectivity index (χ2n) is 13.3. The smallest absolute Gasteiger partial charge is 0.240 e. The van der Waals surface area contributed by atoms with Gasteiger partial charge in [0.05, 0.1) is 36.4 Å². The maximum Gasteiger partial charge on any atom is 0.240 e. The van der Waals surface area contributed by atoms with Crippen molar-refractivity contribution in [1.29, 1.82) is 5.26 Å². The Labute approximate surface area is 278 Å². The topological polar surface area (TPSA) is 129 Å². The van der Waals surface area contributed by atoms with Crippen molar-refractivity contribution in [3.63, 3.8) is 0 Å². The van der Waals surface area contributed by atoms with Crippen molar-refractivity contribution in [2.24, 2.45) is 5.41 Å². The lowest BCUT2D eigenvalue weighted by molar-refractivity contribution is -0.135. The van der Waals surface area contributed by atoms with Crippen molar-refractivity contribution in [2.75, 3.05) is 45.9 Å². The Bertz CT molecular complexity index is 1460. The number of hydrogen-bond donors (Lipinski definition) is 4. The summed E-state index contributed by atoms with van der Waals surface area (Å²) in [7, 11) is 0. The van der Waals surface area contributed by atoms with Crippen LogP contribution in [-0.4, -0.2) is 95.9 Å². The quantitative estimate of drug-likeness (QED) is 0.302. The van der Waals surface area contributed by atoms with E-state index in [-0.39, 0.29) is 77.6 Å². The molecule has 250 valence electrons. The molecule has 46 heavy (non-hydrogen) atoms. The molecule has 4 rings (SSSR count). The number of hydrogen-bond acceptors (Lipinski definition) is 7. The zero-order chi connectivity index (χ0) is 33.8. The van der Waals surface area contributed by atoms with E-state index in [1.165, 1.54) is 24.3 Å². The fourth-order valence-corrected chi connectivity index (χ4v) is 6.94. The molecule has 2 heterocycles. The third-order valence-electron chi connectivity index (χ3n) is 8.78. The van der Waals surface area contributed by atoms with Crippen LogP contribution in [0.3, 0.4) is 0 Å². The van der Waals surface area contributed by atoms with Crippen molar-refractivity contribution in [1.82, 2.24) is 20.4 Å². The molecule has 2 fully saturated rings. The normalized spacial score (nSPS) is 24.4. The van der Waals surface area contributed by atoms with Gasteiger partial charge in [0.1, 0.15) is 17.0 Å². The fraction of sp³-hybridized carbons (Fsp3) is 0.545. The Balaban J connectivity index is 1.66. The molecule has 0 aliphatic carbocycles. The minimum atomic E-state index is -1.71. The first-order valence-corrected chi connectivity index (χ1v) is 16.1. The van der Waals surface area contributed by atoms with E-state index in [9.17, 15) is 20.0 Å². The molecule has 2 saturated heterocycles. The summed E-state index contributed by atoms with van der Waals surface area (Å²) in [5.41, 5.74) is -2.02. The third-order valence-corrected chi connectivity index (χ3v) is 9.30. The van der Waals surface area contributed by atoms with Gasteiger partial charge in [0.25, 0.3) is 0 Å². The van der Waals surface area contributed by atoms with Gasteiger partial charge in [-0.3, -0.25) is 14.5 Å². The summed E-state index contributed by atoms with van der Waals surface area (Å²) in [5.74, 6) is -3.26. The molecule has 2 aromatic carbocycles. The van der Waals surface area contributed by atoms with E-state index >= 15 is 8.78 Å². The van der Waals surface area contributed by atoms with Crippen LogP contribution in [0.4, 0.5) is 8.78 Å². The van der Waals surface area contributed by atoms with Crippen molar-refractivity contribution in [3.8, 4) is 6.07 Å². The number of carbonyl (C=O) groups excluding carboxylic acids is 2. The summed E-state index contributed by atoms with van der Waals surface area (Å²) in [4.78, 5) is 30.3. The molecule has 2 aliphatic heterocycles. The van der Waals surface area contributed by atoms with E-state index < -0.39 is 41.2 Å². The molecule has 13 heteroatoms. The van der Waals surface area contributed by atoms with Crippen molar-refractivity contribution < 1.29 is 28.6 Å². The Morgan fingerprint density at radius 2 is 1.87 bits per heavy atom. The first kappa shape index (κ1) is 36.0. The van der Waals surface area contributed by atoms with Gasteiger partial charge < -0.3 is 25.7 Å². The van der Waals surface area contributed by atoms with Crippen LogP contribution in [0.1, 0.15) is 50.7 Å². The molecule has 2 aliphatic rings. The van der Waals surface area contributed by atoms with Crippen LogP contribution in [0, 0.1) is 28.4 Å². The summed E-state index contributed by atoms with van der Waals surface area (Å²) >= 11 is 12.3. The van der Waals surface area contributed by atoms with E-state index in [1.807, 2.05) is 25.7 Å². The molecule has 0 bridgehead atoms. The van der Waals surface area contributed by atoms with Crippen LogP contribution in [0.15, 0.2) is 36.4 Å². The standard InChI is InChI=1S/C33H41Cl2F2N5O4/c1-32(2,3)16-26-33(19-38,23-8-7-20(34)15-25(23)36)28(22-5-4-6-24(35)29(22)37)30(40-26)31(46)42-13-11-41(12-14-42)17-27(45)39-10-9-21(44)18-43/h4-8,15,21,26,28,30,40,43-44H,9-14,16-18H2,1-3H3,(H,39,45)/t21-,26-,28?,30+,33?/m0/s1. The number of aliphatic hydroxyl groups is 2. The lowest BCUT2D eigenvalue weighted by atomic mass is 9.62. The number of rotatable bonds is 10. The molecule has 0 radical (unpaired) electrons. The number of carbonyl (C=O) groups is 2. The molecule has 0 aromatic heterocycles. The first-order chi connectivity index (χ1) is 21.7. The minimum Gasteiger partial charge on any atom is -0.394 e. The molecule has 2 aromatic rings. The number of aliphatic hydroxyl groups excluding tert-OH is 2. The largest absolute Gasteiger partial charge is 0.394 e. The summed E-state index contributed by atoms with van der Waals surface area (Å²) in [6.45, 7) is 7.19. The maximum absolute atomic E-state index is 15.9. The zero-order valence-electron chi connectivity index (χ0n) is 26.2. The lowest BCUT2D eigenvalue weighted by Gasteiger charge is -2.38. The second kappa shape index (κ2) is 14.9. The van der Waals surface area contributed by atoms with Crippen LogP contribution < -0.4 is 10.6 Å². The summed E-state index contributed by atoms with van der Waals surface area (Å²) in [5, 5.41) is 35.5.